The summed E-state index contributed by atoms with van der Waals surface area (Å²) in [6.07, 6.45) is 2.46. The quantitative estimate of drug-likeness (QED) is 0.748. The SMILES string of the molecule is Cc1cccc(NC(=O)NCCN(C)C2CC2)c1C(=O)O. The van der Waals surface area contributed by atoms with Crippen molar-refractivity contribution in [3.8, 4) is 0 Å². The lowest BCUT2D eigenvalue weighted by Gasteiger charge is -2.16. The molecule has 1 aromatic rings. The summed E-state index contributed by atoms with van der Waals surface area (Å²) in [6, 6.07) is 5.29. The van der Waals surface area contributed by atoms with Crippen molar-refractivity contribution in [2.45, 2.75) is 25.8 Å². The number of carboxylic acid groups (broad SMARTS) is 1. The van der Waals surface area contributed by atoms with Gasteiger partial charge in [-0.1, -0.05) is 12.1 Å². The van der Waals surface area contributed by atoms with E-state index in [9.17, 15) is 14.7 Å². The molecular formula is C15H21N3O3. The molecule has 0 saturated heterocycles. The summed E-state index contributed by atoms with van der Waals surface area (Å²) < 4.78 is 0. The molecule has 1 aliphatic carbocycles. The second-order valence-electron chi connectivity index (χ2n) is 5.40. The first kappa shape index (κ1) is 15.3. The summed E-state index contributed by atoms with van der Waals surface area (Å²) in [6.45, 7) is 3.03. The summed E-state index contributed by atoms with van der Waals surface area (Å²) in [5.74, 6) is -1.04. The van der Waals surface area contributed by atoms with Crippen LogP contribution in [0, 0.1) is 6.92 Å². The molecule has 6 heteroatoms. The number of carboxylic acids is 1. The van der Waals surface area contributed by atoms with Crippen molar-refractivity contribution in [2.75, 3.05) is 25.5 Å². The van der Waals surface area contributed by atoms with Crippen LogP contribution in [0.5, 0.6) is 0 Å². The Balaban J connectivity index is 1.87. The molecule has 6 nitrogen and oxygen atoms in total. The maximum Gasteiger partial charge on any atom is 0.338 e. The number of carbonyl (C=O) groups is 2. The predicted octanol–water partition coefficient (Wildman–Crippen LogP) is 1.91. The van der Waals surface area contributed by atoms with Crippen LogP contribution >= 0.6 is 0 Å². The standard InChI is InChI=1S/C15H21N3O3/c1-10-4-3-5-12(13(10)14(19)20)17-15(21)16-8-9-18(2)11-6-7-11/h3-5,11H,6-9H2,1-2H3,(H,19,20)(H2,16,17,21). The van der Waals surface area contributed by atoms with E-state index in [0.29, 0.717) is 23.8 Å². The van der Waals surface area contributed by atoms with Gasteiger partial charge in [-0.05, 0) is 38.4 Å². The fourth-order valence-electron chi connectivity index (χ4n) is 2.27. The minimum Gasteiger partial charge on any atom is -0.478 e. The summed E-state index contributed by atoms with van der Waals surface area (Å²) in [5, 5.41) is 14.5. The number of benzene rings is 1. The van der Waals surface area contributed by atoms with Gasteiger partial charge in [0.15, 0.2) is 0 Å². The van der Waals surface area contributed by atoms with Gasteiger partial charge in [-0.2, -0.15) is 0 Å². The van der Waals surface area contributed by atoms with E-state index in [1.165, 1.54) is 12.8 Å². The van der Waals surface area contributed by atoms with Gasteiger partial charge in [-0.3, -0.25) is 0 Å². The van der Waals surface area contributed by atoms with Crippen LogP contribution in [0.2, 0.25) is 0 Å². The van der Waals surface area contributed by atoms with Gasteiger partial charge in [0.25, 0.3) is 0 Å². The number of anilines is 1. The predicted molar refractivity (Wildman–Crippen MR) is 80.8 cm³/mol. The average molecular weight is 291 g/mol. The van der Waals surface area contributed by atoms with Crippen molar-refractivity contribution in [3.63, 3.8) is 0 Å². The lowest BCUT2D eigenvalue weighted by atomic mass is 10.1. The van der Waals surface area contributed by atoms with E-state index in [2.05, 4.69) is 15.5 Å². The maximum absolute atomic E-state index is 11.8. The van der Waals surface area contributed by atoms with Gasteiger partial charge >= 0.3 is 12.0 Å². The Labute approximate surface area is 124 Å². The fraction of sp³-hybridized carbons (Fsp3) is 0.467. The number of hydrogen-bond acceptors (Lipinski definition) is 3. The van der Waals surface area contributed by atoms with Gasteiger partial charge in [0.2, 0.25) is 0 Å². The van der Waals surface area contributed by atoms with Gasteiger partial charge in [-0.25, -0.2) is 9.59 Å². The third-order valence-corrected chi connectivity index (χ3v) is 3.66. The van der Waals surface area contributed by atoms with Crippen LogP contribution in [0.1, 0.15) is 28.8 Å². The smallest absolute Gasteiger partial charge is 0.338 e. The summed E-state index contributed by atoms with van der Waals surface area (Å²) in [4.78, 5) is 25.3. The Kier molecular flexibility index (Phi) is 4.80. The van der Waals surface area contributed by atoms with Gasteiger partial charge in [-0.15, -0.1) is 0 Å². The topological polar surface area (TPSA) is 81.7 Å². The van der Waals surface area contributed by atoms with E-state index in [0.717, 1.165) is 6.54 Å². The number of rotatable bonds is 6. The van der Waals surface area contributed by atoms with Crippen LogP contribution in [-0.2, 0) is 0 Å². The third-order valence-electron chi connectivity index (χ3n) is 3.66. The number of urea groups is 1. The highest BCUT2D eigenvalue weighted by atomic mass is 16.4. The van der Waals surface area contributed by atoms with Crippen molar-refractivity contribution in [1.82, 2.24) is 10.2 Å². The lowest BCUT2D eigenvalue weighted by molar-refractivity contribution is 0.0697. The zero-order chi connectivity index (χ0) is 15.4. The Morgan fingerprint density at radius 3 is 2.71 bits per heavy atom. The molecule has 0 aromatic heterocycles. The molecule has 2 rings (SSSR count). The van der Waals surface area contributed by atoms with Crippen molar-refractivity contribution >= 4 is 17.7 Å². The molecule has 0 spiro atoms. The van der Waals surface area contributed by atoms with Crippen LogP contribution in [0.3, 0.4) is 0 Å². The molecule has 0 unspecified atom stereocenters. The highest BCUT2D eigenvalue weighted by molar-refractivity contribution is 6.01. The van der Waals surface area contributed by atoms with Crippen LogP contribution in [0.15, 0.2) is 18.2 Å². The number of carbonyl (C=O) groups excluding carboxylic acids is 1. The molecule has 1 aromatic carbocycles. The average Bonchev–Trinajstić information content (AvgIpc) is 3.22. The van der Waals surface area contributed by atoms with E-state index >= 15 is 0 Å². The molecule has 0 bridgehead atoms. The van der Waals surface area contributed by atoms with E-state index in [4.69, 9.17) is 0 Å². The molecule has 0 radical (unpaired) electrons. The summed E-state index contributed by atoms with van der Waals surface area (Å²) >= 11 is 0. The van der Waals surface area contributed by atoms with E-state index in [1.54, 1.807) is 25.1 Å². The van der Waals surface area contributed by atoms with Crippen molar-refractivity contribution in [2.24, 2.45) is 0 Å². The molecule has 1 saturated carbocycles. The number of hydrogen-bond donors (Lipinski definition) is 3. The molecule has 3 N–H and O–H groups in total. The molecule has 114 valence electrons. The first-order valence-electron chi connectivity index (χ1n) is 7.07. The number of amides is 2. The first-order chi connectivity index (χ1) is 9.99. The zero-order valence-electron chi connectivity index (χ0n) is 12.3. The van der Waals surface area contributed by atoms with Crippen LogP contribution in [0.4, 0.5) is 10.5 Å². The third kappa shape index (κ3) is 4.19. The van der Waals surface area contributed by atoms with E-state index in [-0.39, 0.29) is 11.6 Å². The monoisotopic (exact) mass is 291 g/mol. The Morgan fingerprint density at radius 2 is 2.10 bits per heavy atom. The molecule has 21 heavy (non-hydrogen) atoms. The zero-order valence-corrected chi connectivity index (χ0v) is 12.3. The fourth-order valence-corrected chi connectivity index (χ4v) is 2.27. The minimum atomic E-state index is -1.04. The molecule has 0 atom stereocenters. The lowest BCUT2D eigenvalue weighted by Crippen LogP contribution is -2.36. The van der Waals surface area contributed by atoms with Crippen LogP contribution < -0.4 is 10.6 Å². The van der Waals surface area contributed by atoms with Crippen molar-refractivity contribution < 1.29 is 14.7 Å². The molecule has 1 aliphatic rings. The largest absolute Gasteiger partial charge is 0.478 e. The number of nitrogens with zero attached hydrogens (tertiary/aromatic N) is 1. The number of aryl methyl sites for hydroxylation is 1. The summed E-state index contributed by atoms with van der Waals surface area (Å²) in [7, 11) is 2.04. The number of nitrogens with one attached hydrogen (secondary N) is 2. The minimum absolute atomic E-state index is 0.128. The highest BCUT2D eigenvalue weighted by Crippen LogP contribution is 2.24. The molecule has 2 amide bonds. The van der Waals surface area contributed by atoms with Gasteiger partial charge < -0.3 is 20.6 Å². The number of likely N-dealkylation sites (N-methyl/N-ethyl adjacent to an activating group) is 1. The highest BCUT2D eigenvalue weighted by Gasteiger charge is 2.25. The Bertz CT molecular complexity index is 541. The maximum atomic E-state index is 11.8. The van der Waals surface area contributed by atoms with Gasteiger partial charge in [0.1, 0.15) is 0 Å². The molecule has 0 aliphatic heterocycles. The van der Waals surface area contributed by atoms with Gasteiger partial charge in [0.05, 0.1) is 11.3 Å². The first-order valence-corrected chi connectivity index (χ1v) is 7.07. The van der Waals surface area contributed by atoms with Crippen LogP contribution in [0.25, 0.3) is 0 Å². The second kappa shape index (κ2) is 6.58. The van der Waals surface area contributed by atoms with E-state index in [1.807, 2.05) is 7.05 Å². The molecule has 0 heterocycles. The van der Waals surface area contributed by atoms with E-state index < -0.39 is 5.97 Å². The number of aromatic carboxylic acids is 1. The van der Waals surface area contributed by atoms with Gasteiger partial charge in [0, 0.05) is 19.1 Å². The van der Waals surface area contributed by atoms with Crippen molar-refractivity contribution in [1.29, 1.82) is 0 Å². The second-order valence-corrected chi connectivity index (χ2v) is 5.40. The van der Waals surface area contributed by atoms with Crippen LogP contribution in [-0.4, -0.2) is 48.2 Å². The normalized spacial score (nSPS) is 14.0. The van der Waals surface area contributed by atoms with Crippen molar-refractivity contribution in [3.05, 3.63) is 29.3 Å². The molecular weight excluding hydrogens is 270 g/mol. The Morgan fingerprint density at radius 1 is 1.38 bits per heavy atom. The summed E-state index contributed by atoms with van der Waals surface area (Å²) in [5.41, 5.74) is 1.06. The molecule has 1 fully saturated rings. The Hall–Kier alpha value is -2.08.